The molecule has 2 heterocycles. The Bertz CT molecular complexity index is 1020. The molecule has 1 aromatic carbocycles. The molecule has 28 heavy (non-hydrogen) atoms. The molecule has 0 aliphatic heterocycles. The van der Waals surface area contributed by atoms with Gasteiger partial charge in [-0.1, -0.05) is 25.5 Å². The van der Waals surface area contributed by atoms with Gasteiger partial charge in [0.15, 0.2) is 0 Å². The van der Waals surface area contributed by atoms with Crippen LogP contribution in [-0.4, -0.2) is 39.2 Å². The Kier molecular flexibility index (Phi) is 5.54. The summed E-state index contributed by atoms with van der Waals surface area (Å²) < 4.78 is 1.92. The summed E-state index contributed by atoms with van der Waals surface area (Å²) in [5.74, 6) is 0.453. The molecule has 2 aromatic heterocycles. The molecule has 0 atom stereocenters. The van der Waals surface area contributed by atoms with Crippen molar-refractivity contribution in [2.24, 2.45) is 5.92 Å². The molecule has 0 aliphatic rings. The van der Waals surface area contributed by atoms with Crippen molar-refractivity contribution in [1.29, 1.82) is 0 Å². The van der Waals surface area contributed by atoms with Gasteiger partial charge in [0.2, 0.25) is 0 Å². The van der Waals surface area contributed by atoms with Gasteiger partial charge in [-0.05, 0) is 51.3 Å². The highest BCUT2D eigenvalue weighted by Crippen LogP contribution is 2.31. The highest BCUT2D eigenvalue weighted by Gasteiger charge is 2.23. The fourth-order valence-corrected chi connectivity index (χ4v) is 3.59. The number of carbonyl (C=O) groups is 1. The molecule has 3 aromatic rings. The molecule has 0 fully saturated rings. The number of aryl methyl sites for hydroxylation is 1. The highest BCUT2D eigenvalue weighted by molar-refractivity contribution is 6.09. The Morgan fingerprint density at radius 1 is 1.18 bits per heavy atom. The van der Waals surface area contributed by atoms with E-state index in [1.165, 1.54) is 0 Å². The molecule has 0 saturated carbocycles. The molecule has 0 radical (unpaired) electrons. The summed E-state index contributed by atoms with van der Waals surface area (Å²) in [7, 11) is 1.88. The summed E-state index contributed by atoms with van der Waals surface area (Å²) in [6.45, 7) is 13.2. The summed E-state index contributed by atoms with van der Waals surface area (Å²) in [5, 5.41) is 5.37. The molecule has 5 nitrogen and oxygen atoms in total. The number of carbonyl (C=O) groups excluding carboxylic acids is 1. The number of hydrogen-bond donors (Lipinski definition) is 0. The molecular weight excluding hydrogens is 348 g/mol. The lowest BCUT2D eigenvalue weighted by Gasteiger charge is -2.22. The maximum Gasteiger partial charge on any atom is 0.254 e. The van der Waals surface area contributed by atoms with E-state index in [2.05, 4.69) is 38.9 Å². The van der Waals surface area contributed by atoms with Gasteiger partial charge >= 0.3 is 0 Å². The van der Waals surface area contributed by atoms with Crippen molar-refractivity contribution in [2.45, 2.75) is 47.6 Å². The lowest BCUT2D eigenvalue weighted by molar-refractivity contribution is 0.0780. The number of benzene rings is 1. The van der Waals surface area contributed by atoms with E-state index in [9.17, 15) is 4.79 Å². The van der Waals surface area contributed by atoms with Crippen LogP contribution in [-0.2, 0) is 0 Å². The number of hydrogen-bond acceptors (Lipinski definition) is 3. The van der Waals surface area contributed by atoms with Crippen LogP contribution in [0.5, 0.6) is 0 Å². The van der Waals surface area contributed by atoms with Gasteiger partial charge in [0.25, 0.3) is 5.91 Å². The average molecular weight is 379 g/mol. The van der Waals surface area contributed by atoms with Crippen molar-refractivity contribution in [3.05, 3.63) is 47.3 Å². The van der Waals surface area contributed by atoms with Crippen molar-refractivity contribution in [3.8, 4) is 11.3 Å². The van der Waals surface area contributed by atoms with Crippen LogP contribution in [0.25, 0.3) is 22.2 Å². The first-order valence-corrected chi connectivity index (χ1v) is 9.90. The van der Waals surface area contributed by atoms with Crippen molar-refractivity contribution in [2.75, 3.05) is 13.6 Å². The minimum absolute atomic E-state index is 0.0432. The SMILES string of the molecule is Cc1ccc2nc(-c3cnn(C(C)C)c3)c(C)c(C(=O)N(C)CC(C)C)c2c1. The Morgan fingerprint density at radius 2 is 1.89 bits per heavy atom. The van der Waals surface area contributed by atoms with E-state index in [-0.39, 0.29) is 11.9 Å². The van der Waals surface area contributed by atoms with E-state index in [0.29, 0.717) is 12.5 Å². The fraction of sp³-hybridized carbons (Fsp3) is 0.435. The number of fused-ring (bicyclic) bond motifs is 1. The Balaban J connectivity index is 2.23. The largest absolute Gasteiger partial charge is 0.341 e. The highest BCUT2D eigenvalue weighted by atomic mass is 16.2. The second-order valence-electron chi connectivity index (χ2n) is 8.36. The van der Waals surface area contributed by atoms with Crippen LogP contribution in [0.4, 0.5) is 0 Å². The summed E-state index contributed by atoms with van der Waals surface area (Å²) in [6.07, 6.45) is 3.84. The minimum Gasteiger partial charge on any atom is -0.341 e. The maximum atomic E-state index is 13.4. The molecule has 0 N–H and O–H groups in total. The van der Waals surface area contributed by atoms with Crippen LogP contribution in [0, 0.1) is 19.8 Å². The smallest absolute Gasteiger partial charge is 0.254 e. The van der Waals surface area contributed by atoms with E-state index in [4.69, 9.17) is 4.98 Å². The second kappa shape index (κ2) is 7.74. The molecular formula is C23H30N4O. The third kappa shape index (κ3) is 3.79. The number of amides is 1. The lowest BCUT2D eigenvalue weighted by Crippen LogP contribution is -2.31. The van der Waals surface area contributed by atoms with Crippen molar-refractivity contribution >= 4 is 16.8 Å². The average Bonchev–Trinajstić information content (AvgIpc) is 3.10. The van der Waals surface area contributed by atoms with E-state index in [0.717, 1.165) is 38.9 Å². The summed E-state index contributed by atoms with van der Waals surface area (Å²) in [4.78, 5) is 20.1. The van der Waals surface area contributed by atoms with Crippen LogP contribution in [0.2, 0.25) is 0 Å². The summed E-state index contributed by atoms with van der Waals surface area (Å²) in [5.41, 5.74) is 5.37. The summed E-state index contributed by atoms with van der Waals surface area (Å²) in [6, 6.07) is 6.38. The van der Waals surface area contributed by atoms with Gasteiger partial charge in [-0.15, -0.1) is 0 Å². The standard InChI is InChI=1S/C23H30N4O/c1-14(2)12-26(7)23(28)21-17(6)22(18-11-24-27(13-18)15(3)4)25-20-9-8-16(5)10-19(20)21/h8-11,13-15H,12H2,1-7H3. The van der Waals surface area contributed by atoms with Gasteiger partial charge in [-0.25, -0.2) is 4.98 Å². The Labute approximate surface area is 167 Å². The van der Waals surface area contributed by atoms with E-state index < -0.39 is 0 Å². The van der Waals surface area contributed by atoms with Gasteiger partial charge in [0.1, 0.15) is 0 Å². The van der Waals surface area contributed by atoms with Crippen molar-refractivity contribution in [1.82, 2.24) is 19.7 Å². The van der Waals surface area contributed by atoms with Crippen LogP contribution < -0.4 is 0 Å². The van der Waals surface area contributed by atoms with Crippen LogP contribution in [0.1, 0.15) is 55.2 Å². The molecule has 0 bridgehead atoms. The molecule has 0 aliphatic carbocycles. The van der Waals surface area contributed by atoms with Gasteiger partial charge in [0.05, 0.1) is 23.0 Å². The fourth-order valence-electron chi connectivity index (χ4n) is 3.59. The maximum absolute atomic E-state index is 13.4. The number of pyridine rings is 1. The topological polar surface area (TPSA) is 51.0 Å². The zero-order chi connectivity index (χ0) is 20.6. The van der Waals surface area contributed by atoms with Crippen LogP contribution >= 0.6 is 0 Å². The lowest BCUT2D eigenvalue weighted by atomic mass is 9.96. The normalized spacial score (nSPS) is 11.6. The predicted octanol–water partition coefficient (Wildman–Crippen LogP) is 5.02. The van der Waals surface area contributed by atoms with Gasteiger partial charge < -0.3 is 4.90 Å². The van der Waals surface area contributed by atoms with E-state index >= 15 is 0 Å². The van der Waals surface area contributed by atoms with Crippen molar-refractivity contribution < 1.29 is 4.79 Å². The quantitative estimate of drug-likeness (QED) is 0.626. The van der Waals surface area contributed by atoms with E-state index in [1.54, 1.807) is 0 Å². The molecule has 3 rings (SSSR count). The second-order valence-corrected chi connectivity index (χ2v) is 8.36. The van der Waals surface area contributed by atoms with Gasteiger partial charge in [-0.2, -0.15) is 5.10 Å². The molecule has 148 valence electrons. The molecule has 0 saturated heterocycles. The van der Waals surface area contributed by atoms with Crippen LogP contribution in [0.15, 0.2) is 30.6 Å². The minimum atomic E-state index is 0.0432. The van der Waals surface area contributed by atoms with Crippen molar-refractivity contribution in [3.63, 3.8) is 0 Å². The first-order chi connectivity index (χ1) is 13.2. The number of aromatic nitrogens is 3. The number of nitrogens with zero attached hydrogens (tertiary/aromatic N) is 4. The zero-order valence-corrected chi connectivity index (χ0v) is 17.9. The van der Waals surface area contributed by atoms with E-state index in [1.807, 2.05) is 55.0 Å². The van der Waals surface area contributed by atoms with Gasteiger partial charge in [0, 0.05) is 36.8 Å². The third-order valence-corrected chi connectivity index (χ3v) is 4.99. The van der Waals surface area contributed by atoms with Gasteiger partial charge in [-0.3, -0.25) is 9.48 Å². The number of rotatable bonds is 5. The summed E-state index contributed by atoms with van der Waals surface area (Å²) >= 11 is 0. The Morgan fingerprint density at radius 3 is 2.50 bits per heavy atom. The monoisotopic (exact) mass is 378 g/mol. The first kappa shape index (κ1) is 20.1. The molecule has 5 heteroatoms. The zero-order valence-electron chi connectivity index (χ0n) is 17.9. The first-order valence-electron chi connectivity index (χ1n) is 9.90. The van der Waals surface area contributed by atoms with Crippen LogP contribution in [0.3, 0.4) is 0 Å². The third-order valence-electron chi connectivity index (χ3n) is 4.99. The predicted molar refractivity (Wildman–Crippen MR) is 115 cm³/mol. The molecule has 1 amide bonds. The molecule has 0 unspecified atom stereocenters. The Hall–Kier alpha value is -2.69. The molecule has 0 spiro atoms.